The Morgan fingerprint density at radius 1 is 1.33 bits per heavy atom. The highest BCUT2D eigenvalue weighted by Gasteiger charge is 2.55. The lowest BCUT2D eigenvalue weighted by Crippen LogP contribution is -2.29. The molecular formula is C19H28N6O4S. The highest BCUT2D eigenvalue weighted by Crippen LogP contribution is 2.47. The lowest BCUT2D eigenvalue weighted by atomic mass is 10.1. The van der Waals surface area contributed by atoms with E-state index in [0.29, 0.717) is 28.6 Å². The SMILES string of the molecule is CCCCSc1nc(N)c2nnn(C3CC(COC(C)=O)C4OC(C)(C)OC43)c2n1. The van der Waals surface area contributed by atoms with E-state index < -0.39 is 5.79 Å². The van der Waals surface area contributed by atoms with E-state index in [1.807, 2.05) is 13.8 Å². The van der Waals surface area contributed by atoms with E-state index in [1.165, 1.54) is 6.92 Å². The van der Waals surface area contributed by atoms with Gasteiger partial charge in [0.05, 0.1) is 18.8 Å². The Kier molecular flexibility index (Phi) is 5.86. The minimum Gasteiger partial charge on any atom is -0.465 e. The highest BCUT2D eigenvalue weighted by atomic mass is 32.2. The van der Waals surface area contributed by atoms with Crippen LogP contribution in [0, 0.1) is 5.92 Å². The normalized spacial score (nSPS) is 27.5. The maximum absolute atomic E-state index is 11.3. The monoisotopic (exact) mass is 436 g/mol. The number of rotatable bonds is 7. The van der Waals surface area contributed by atoms with Crippen molar-refractivity contribution < 1.29 is 19.0 Å². The molecule has 164 valence electrons. The smallest absolute Gasteiger partial charge is 0.302 e. The molecular weight excluding hydrogens is 408 g/mol. The van der Waals surface area contributed by atoms with Crippen LogP contribution in [-0.4, -0.2) is 61.3 Å². The molecule has 2 fully saturated rings. The van der Waals surface area contributed by atoms with E-state index in [-0.39, 0.29) is 36.7 Å². The molecule has 0 spiro atoms. The lowest BCUT2D eigenvalue weighted by Gasteiger charge is -2.23. The Hall–Kier alpha value is -1.98. The van der Waals surface area contributed by atoms with Crippen molar-refractivity contribution in [2.24, 2.45) is 5.92 Å². The number of nitrogens with two attached hydrogens (primary N) is 1. The number of anilines is 1. The first-order chi connectivity index (χ1) is 14.3. The van der Waals surface area contributed by atoms with Crippen molar-refractivity contribution >= 4 is 34.7 Å². The number of carbonyl (C=O) groups is 1. The van der Waals surface area contributed by atoms with Crippen LogP contribution in [0.15, 0.2) is 5.16 Å². The highest BCUT2D eigenvalue weighted by molar-refractivity contribution is 7.99. The molecule has 11 heteroatoms. The molecule has 30 heavy (non-hydrogen) atoms. The lowest BCUT2D eigenvalue weighted by molar-refractivity contribution is -0.164. The number of aromatic nitrogens is 5. The fraction of sp³-hybridized carbons (Fsp3) is 0.737. The molecule has 0 bridgehead atoms. The predicted molar refractivity (Wildman–Crippen MR) is 111 cm³/mol. The summed E-state index contributed by atoms with van der Waals surface area (Å²) in [6.07, 6.45) is 2.39. The van der Waals surface area contributed by atoms with Crippen molar-refractivity contribution in [2.75, 3.05) is 18.1 Å². The zero-order valence-electron chi connectivity index (χ0n) is 17.7. The van der Waals surface area contributed by atoms with Gasteiger partial charge in [-0.05, 0) is 26.7 Å². The number of ether oxygens (including phenoxy) is 3. The summed E-state index contributed by atoms with van der Waals surface area (Å²) in [6.45, 7) is 7.59. The molecule has 2 N–H and O–H groups in total. The van der Waals surface area contributed by atoms with Crippen LogP contribution in [0.1, 0.15) is 53.0 Å². The summed E-state index contributed by atoms with van der Waals surface area (Å²) in [5, 5.41) is 9.18. The molecule has 4 atom stereocenters. The van der Waals surface area contributed by atoms with Gasteiger partial charge in [0, 0.05) is 18.6 Å². The summed E-state index contributed by atoms with van der Waals surface area (Å²) >= 11 is 1.58. The number of fused-ring (bicyclic) bond motifs is 2. The van der Waals surface area contributed by atoms with Gasteiger partial charge in [-0.25, -0.2) is 14.6 Å². The molecule has 0 radical (unpaired) electrons. The summed E-state index contributed by atoms with van der Waals surface area (Å²) in [5.41, 5.74) is 7.21. The van der Waals surface area contributed by atoms with Gasteiger partial charge in [0.1, 0.15) is 6.10 Å². The van der Waals surface area contributed by atoms with Crippen LogP contribution in [0.3, 0.4) is 0 Å². The molecule has 2 aromatic heterocycles. The molecule has 10 nitrogen and oxygen atoms in total. The molecule has 3 heterocycles. The van der Waals surface area contributed by atoms with Crippen molar-refractivity contribution in [2.45, 2.75) is 76.2 Å². The second kappa shape index (κ2) is 8.27. The fourth-order valence-corrected chi connectivity index (χ4v) is 5.04. The summed E-state index contributed by atoms with van der Waals surface area (Å²) < 4.78 is 19.4. The fourth-order valence-electron chi connectivity index (χ4n) is 4.11. The van der Waals surface area contributed by atoms with Crippen LogP contribution in [0.25, 0.3) is 11.2 Å². The van der Waals surface area contributed by atoms with Crippen molar-refractivity contribution in [3.63, 3.8) is 0 Å². The van der Waals surface area contributed by atoms with E-state index in [0.717, 1.165) is 18.6 Å². The second-order valence-corrected chi connectivity index (χ2v) is 9.29. The zero-order chi connectivity index (χ0) is 21.5. The molecule has 1 aliphatic carbocycles. The van der Waals surface area contributed by atoms with E-state index in [1.54, 1.807) is 16.4 Å². The quantitative estimate of drug-likeness (QED) is 0.299. The molecule has 0 amide bonds. The molecule has 4 rings (SSSR count). The average molecular weight is 437 g/mol. The Bertz CT molecular complexity index is 935. The van der Waals surface area contributed by atoms with Crippen LogP contribution in [0.5, 0.6) is 0 Å². The van der Waals surface area contributed by atoms with Gasteiger partial charge in [-0.3, -0.25) is 4.79 Å². The Morgan fingerprint density at radius 2 is 2.10 bits per heavy atom. The minimum absolute atomic E-state index is 0.0116. The van der Waals surface area contributed by atoms with Crippen molar-refractivity contribution in [3.05, 3.63) is 0 Å². The number of unbranched alkanes of at least 4 members (excludes halogenated alkanes) is 1. The first kappa shape index (κ1) is 21.3. The van der Waals surface area contributed by atoms with Gasteiger partial charge in [-0.2, -0.15) is 0 Å². The van der Waals surface area contributed by atoms with Crippen molar-refractivity contribution in [1.29, 1.82) is 0 Å². The topological polar surface area (TPSA) is 127 Å². The Balaban J connectivity index is 1.65. The van der Waals surface area contributed by atoms with E-state index in [4.69, 9.17) is 24.9 Å². The summed E-state index contributed by atoms with van der Waals surface area (Å²) in [6, 6.07) is -0.162. The predicted octanol–water partition coefficient (Wildman–Crippen LogP) is 2.34. The van der Waals surface area contributed by atoms with Crippen LogP contribution < -0.4 is 5.73 Å². The number of esters is 1. The number of nitrogen functional groups attached to an aromatic ring is 1. The first-order valence-corrected chi connectivity index (χ1v) is 11.3. The maximum atomic E-state index is 11.3. The molecule has 2 aromatic rings. The maximum Gasteiger partial charge on any atom is 0.302 e. The third kappa shape index (κ3) is 4.10. The van der Waals surface area contributed by atoms with Crippen molar-refractivity contribution in [3.8, 4) is 0 Å². The standard InChI is InChI=1S/C19H28N6O4S/c1-5-6-7-30-18-21-16(20)13-17(22-18)25(24-23-13)12-8-11(9-27-10(2)26)14-15(12)29-19(3,4)28-14/h11-12,14-15H,5-9H2,1-4H3,(H2,20,21,22). The third-order valence-electron chi connectivity index (χ3n) is 5.43. The summed E-state index contributed by atoms with van der Waals surface area (Å²) in [4.78, 5) is 20.4. The number of hydrogen-bond acceptors (Lipinski definition) is 10. The zero-order valence-corrected chi connectivity index (χ0v) is 18.5. The Morgan fingerprint density at radius 3 is 2.83 bits per heavy atom. The molecule has 4 unspecified atom stereocenters. The van der Waals surface area contributed by atoms with Gasteiger partial charge in [0.25, 0.3) is 0 Å². The molecule has 2 aliphatic rings. The second-order valence-electron chi connectivity index (χ2n) is 8.23. The number of hydrogen-bond donors (Lipinski definition) is 1. The molecule has 1 saturated carbocycles. The molecule has 1 aliphatic heterocycles. The summed E-state index contributed by atoms with van der Waals surface area (Å²) in [7, 11) is 0. The van der Waals surface area contributed by atoms with E-state index in [9.17, 15) is 4.79 Å². The van der Waals surface area contributed by atoms with Gasteiger partial charge >= 0.3 is 5.97 Å². The van der Waals surface area contributed by atoms with Crippen LogP contribution in [-0.2, 0) is 19.0 Å². The minimum atomic E-state index is -0.728. The van der Waals surface area contributed by atoms with Crippen LogP contribution in [0.4, 0.5) is 5.82 Å². The molecule has 0 aromatic carbocycles. The number of carbonyl (C=O) groups excluding carboxylic acids is 1. The number of thioether (sulfide) groups is 1. The van der Waals surface area contributed by atoms with Gasteiger partial charge in [-0.15, -0.1) is 5.10 Å². The first-order valence-electron chi connectivity index (χ1n) is 10.3. The summed E-state index contributed by atoms with van der Waals surface area (Å²) in [5.74, 6) is 0.192. The van der Waals surface area contributed by atoms with Gasteiger partial charge in [-0.1, -0.05) is 30.3 Å². The Labute approximate surface area is 179 Å². The van der Waals surface area contributed by atoms with Crippen molar-refractivity contribution in [1.82, 2.24) is 25.0 Å². The number of nitrogens with zero attached hydrogens (tertiary/aromatic N) is 5. The third-order valence-corrected chi connectivity index (χ3v) is 6.36. The largest absolute Gasteiger partial charge is 0.465 e. The molecule has 1 saturated heterocycles. The van der Waals surface area contributed by atoms with Crippen LogP contribution >= 0.6 is 11.8 Å². The van der Waals surface area contributed by atoms with E-state index >= 15 is 0 Å². The van der Waals surface area contributed by atoms with Crippen LogP contribution in [0.2, 0.25) is 0 Å². The van der Waals surface area contributed by atoms with Gasteiger partial charge in [0.2, 0.25) is 0 Å². The average Bonchev–Trinajstić information content (AvgIpc) is 3.31. The van der Waals surface area contributed by atoms with Gasteiger partial charge < -0.3 is 19.9 Å². The van der Waals surface area contributed by atoms with Gasteiger partial charge in [0.15, 0.2) is 27.9 Å². The van der Waals surface area contributed by atoms with E-state index in [2.05, 4.69) is 22.2 Å².